The molecule has 0 N–H and O–H groups in total. The van der Waals surface area contributed by atoms with Gasteiger partial charge in [-0.25, -0.2) is 4.98 Å². The van der Waals surface area contributed by atoms with E-state index in [1.165, 1.54) is 0 Å². The van der Waals surface area contributed by atoms with Gasteiger partial charge in [0.15, 0.2) is 0 Å². The molecule has 0 radical (unpaired) electrons. The molecular formula is C18H16ClNO. The molecule has 0 amide bonds. The third-order valence-corrected chi connectivity index (χ3v) is 4.13. The number of para-hydroxylation sites is 1. The molecule has 2 aromatic carbocycles. The van der Waals surface area contributed by atoms with Crippen molar-refractivity contribution in [2.45, 2.75) is 20.8 Å². The number of rotatable bonds is 2. The lowest BCUT2D eigenvalue weighted by Crippen LogP contribution is -1.92. The second-order valence-corrected chi connectivity index (χ2v) is 5.65. The van der Waals surface area contributed by atoms with E-state index in [-0.39, 0.29) is 0 Å². The average Bonchev–Trinajstić information content (AvgIpc) is 2.45. The molecule has 1 heterocycles. The van der Waals surface area contributed by atoms with Gasteiger partial charge in [0.2, 0.25) is 5.88 Å². The fourth-order valence-corrected chi connectivity index (χ4v) is 2.57. The number of aryl methyl sites for hydroxylation is 3. The summed E-state index contributed by atoms with van der Waals surface area (Å²) in [5.41, 5.74) is 4.10. The Morgan fingerprint density at radius 1 is 0.905 bits per heavy atom. The predicted octanol–water partition coefficient (Wildman–Crippen LogP) is 5.61. The highest BCUT2D eigenvalue weighted by molar-refractivity contribution is 6.32. The van der Waals surface area contributed by atoms with E-state index >= 15 is 0 Å². The van der Waals surface area contributed by atoms with Crippen molar-refractivity contribution in [3.05, 3.63) is 64.2 Å². The third-order valence-electron chi connectivity index (χ3n) is 3.53. The van der Waals surface area contributed by atoms with Crippen LogP contribution in [0.3, 0.4) is 0 Å². The minimum absolute atomic E-state index is 0.604. The third kappa shape index (κ3) is 2.72. The van der Waals surface area contributed by atoms with Gasteiger partial charge >= 0.3 is 0 Å². The normalized spacial score (nSPS) is 10.9. The maximum Gasteiger partial charge on any atom is 0.220 e. The smallest absolute Gasteiger partial charge is 0.220 e. The van der Waals surface area contributed by atoms with E-state index in [0.29, 0.717) is 5.88 Å². The van der Waals surface area contributed by atoms with E-state index in [1.807, 2.05) is 50.2 Å². The van der Waals surface area contributed by atoms with Gasteiger partial charge in [-0.3, -0.25) is 0 Å². The van der Waals surface area contributed by atoms with Gasteiger partial charge in [0.1, 0.15) is 5.75 Å². The molecule has 21 heavy (non-hydrogen) atoms. The molecule has 3 rings (SSSR count). The lowest BCUT2D eigenvalue weighted by atomic mass is 10.1. The van der Waals surface area contributed by atoms with Gasteiger partial charge in [-0.1, -0.05) is 29.8 Å². The van der Waals surface area contributed by atoms with Crippen molar-refractivity contribution in [3.8, 4) is 11.6 Å². The summed E-state index contributed by atoms with van der Waals surface area (Å²) in [6, 6.07) is 13.9. The van der Waals surface area contributed by atoms with Gasteiger partial charge in [0.25, 0.3) is 0 Å². The lowest BCUT2D eigenvalue weighted by Gasteiger charge is -2.10. The first kappa shape index (κ1) is 13.9. The minimum Gasteiger partial charge on any atom is -0.439 e. The monoisotopic (exact) mass is 297 g/mol. The number of benzene rings is 2. The van der Waals surface area contributed by atoms with Crippen LogP contribution in [-0.4, -0.2) is 4.98 Å². The molecule has 0 aliphatic carbocycles. The summed E-state index contributed by atoms with van der Waals surface area (Å²) in [5, 5.41) is 1.93. The van der Waals surface area contributed by atoms with E-state index in [0.717, 1.165) is 38.4 Å². The second-order valence-electron chi connectivity index (χ2n) is 5.27. The summed E-state index contributed by atoms with van der Waals surface area (Å²) in [4.78, 5) is 4.56. The number of hydrogen-bond donors (Lipinski definition) is 0. The Kier molecular flexibility index (Phi) is 3.56. The van der Waals surface area contributed by atoms with Crippen LogP contribution in [0, 0.1) is 20.8 Å². The predicted molar refractivity (Wildman–Crippen MR) is 87.5 cm³/mol. The van der Waals surface area contributed by atoms with Gasteiger partial charge in [0, 0.05) is 16.5 Å². The van der Waals surface area contributed by atoms with Crippen LogP contribution in [0.4, 0.5) is 0 Å². The molecule has 0 aliphatic rings. The van der Waals surface area contributed by atoms with E-state index in [2.05, 4.69) is 18.0 Å². The van der Waals surface area contributed by atoms with Crippen LogP contribution < -0.4 is 4.74 Å². The number of halogens is 1. The number of pyridine rings is 1. The number of ether oxygens (including phenoxy) is 1. The van der Waals surface area contributed by atoms with Gasteiger partial charge in [-0.15, -0.1) is 0 Å². The standard InChI is InChI=1S/C18H16ClNO/c1-11-10-17(20-16-7-5-4-6-15(11)16)21-14-8-12(2)18(19)13(3)9-14/h4-10H,1-3H3. The molecular weight excluding hydrogens is 282 g/mol. The zero-order chi connectivity index (χ0) is 15.0. The van der Waals surface area contributed by atoms with Crippen molar-refractivity contribution < 1.29 is 4.74 Å². The first-order chi connectivity index (χ1) is 10.0. The van der Waals surface area contributed by atoms with Crippen LogP contribution in [0.25, 0.3) is 10.9 Å². The second kappa shape index (κ2) is 5.38. The number of nitrogens with zero attached hydrogens (tertiary/aromatic N) is 1. The van der Waals surface area contributed by atoms with Crippen LogP contribution in [0.15, 0.2) is 42.5 Å². The van der Waals surface area contributed by atoms with Gasteiger partial charge < -0.3 is 4.74 Å². The first-order valence-electron chi connectivity index (χ1n) is 6.85. The summed E-state index contributed by atoms with van der Waals surface area (Å²) < 4.78 is 5.91. The summed E-state index contributed by atoms with van der Waals surface area (Å²) >= 11 is 6.18. The summed E-state index contributed by atoms with van der Waals surface area (Å²) in [6.45, 7) is 6.01. The van der Waals surface area contributed by atoms with Gasteiger partial charge in [-0.2, -0.15) is 0 Å². The highest BCUT2D eigenvalue weighted by Crippen LogP contribution is 2.30. The zero-order valence-electron chi connectivity index (χ0n) is 12.3. The molecule has 0 saturated heterocycles. The van der Waals surface area contributed by atoms with Crippen LogP contribution in [-0.2, 0) is 0 Å². The van der Waals surface area contributed by atoms with Crippen molar-refractivity contribution in [2.75, 3.05) is 0 Å². The van der Waals surface area contributed by atoms with E-state index in [4.69, 9.17) is 16.3 Å². The van der Waals surface area contributed by atoms with Crippen LogP contribution >= 0.6 is 11.6 Å². The van der Waals surface area contributed by atoms with Gasteiger partial charge in [-0.05, 0) is 55.7 Å². The Bertz CT molecular complexity index is 804. The maximum atomic E-state index is 6.18. The van der Waals surface area contributed by atoms with Crippen LogP contribution in [0.1, 0.15) is 16.7 Å². The highest BCUT2D eigenvalue weighted by Gasteiger charge is 2.07. The summed E-state index contributed by atoms with van der Waals surface area (Å²) in [6.07, 6.45) is 0. The molecule has 0 atom stereocenters. The van der Waals surface area contributed by atoms with Crippen LogP contribution in [0.2, 0.25) is 5.02 Å². The largest absolute Gasteiger partial charge is 0.439 e. The number of hydrogen-bond acceptors (Lipinski definition) is 2. The molecule has 0 bridgehead atoms. The Labute approximate surface area is 129 Å². The van der Waals surface area contributed by atoms with E-state index in [1.54, 1.807) is 0 Å². The molecule has 3 aromatic rings. The minimum atomic E-state index is 0.604. The fraction of sp³-hybridized carbons (Fsp3) is 0.167. The quantitative estimate of drug-likeness (QED) is 0.613. The molecule has 0 aliphatic heterocycles. The van der Waals surface area contributed by atoms with E-state index < -0.39 is 0 Å². The Balaban J connectivity index is 2.02. The summed E-state index contributed by atoms with van der Waals surface area (Å²) in [7, 11) is 0. The van der Waals surface area contributed by atoms with Crippen molar-refractivity contribution in [2.24, 2.45) is 0 Å². The Morgan fingerprint density at radius 3 is 2.29 bits per heavy atom. The Hall–Kier alpha value is -2.06. The first-order valence-corrected chi connectivity index (χ1v) is 7.23. The molecule has 3 heteroatoms. The van der Waals surface area contributed by atoms with Gasteiger partial charge in [0.05, 0.1) is 5.52 Å². The average molecular weight is 298 g/mol. The summed E-state index contributed by atoms with van der Waals surface area (Å²) in [5.74, 6) is 1.36. The van der Waals surface area contributed by atoms with E-state index in [9.17, 15) is 0 Å². The Morgan fingerprint density at radius 2 is 1.57 bits per heavy atom. The van der Waals surface area contributed by atoms with Crippen LogP contribution in [0.5, 0.6) is 11.6 Å². The molecule has 0 saturated carbocycles. The molecule has 2 nitrogen and oxygen atoms in total. The zero-order valence-corrected chi connectivity index (χ0v) is 13.0. The van der Waals surface area contributed by atoms with Crippen molar-refractivity contribution in [1.82, 2.24) is 4.98 Å². The SMILES string of the molecule is Cc1cc(Oc2cc(C)c3ccccc3n2)cc(C)c1Cl. The topological polar surface area (TPSA) is 22.1 Å². The van der Waals surface area contributed by atoms with Crippen molar-refractivity contribution in [1.29, 1.82) is 0 Å². The van der Waals surface area contributed by atoms with Crippen molar-refractivity contribution in [3.63, 3.8) is 0 Å². The molecule has 0 fully saturated rings. The lowest BCUT2D eigenvalue weighted by molar-refractivity contribution is 0.464. The fourth-order valence-electron chi connectivity index (χ4n) is 2.46. The molecule has 0 unspecified atom stereocenters. The maximum absolute atomic E-state index is 6.18. The van der Waals surface area contributed by atoms with Crippen molar-refractivity contribution >= 4 is 22.5 Å². The molecule has 0 spiro atoms. The molecule has 1 aromatic heterocycles. The number of fused-ring (bicyclic) bond motifs is 1. The molecule has 106 valence electrons. The highest BCUT2D eigenvalue weighted by atomic mass is 35.5. The number of aromatic nitrogens is 1.